The number of esters is 1. The number of aliphatic hydroxyl groups excluding tert-OH is 1. The summed E-state index contributed by atoms with van der Waals surface area (Å²) < 4.78 is 11.3. The summed E-state index contributed by atoms with van der Waals surface area (Å²) in [4.78, 5) is 49.2. The molecule has 2 saturated heterocycles. The number of aliphatic hydroxyl groups is 1. The number of likely N-dealkylation sites (tertiary alicyclic amines) is 1. The van der Waals surface area contributed by atoms with Crippen LogP contribution >= 0.6 is 11.3 Å². The fraction of sp³-hybridized carbons (Fsp3) is 0.571. The Morgan fingerprint density at radius 1 is 1.11 bits per heavy atom. The van der Waals surface area contributed by atoms with E-state index in [9.17, 15) is 19.5 Å². The van der Waals surface area contributed by atoms with E-state index < -0.39 is 23.7 Å². The number of aryl methyl sites for hydroxylation is 1. The van der Waals surface area contributed by atoms with Gasteiger partial charge in [-0.1, -0.05) is 43.3 Å². The van der Waals surface area contributed by atoms with Gasteiger partial charge in [-0.25, -0.2) is 4.98 Å². The number of benzene rings is 1. The summed E-state index contributed by atoms with van der Waals surface area (Å²) in [5.41, 5.74) is 4.29. The van der Waals surface area contributed by atoms with Crippen LogP contribution in [0.3, 0.4) is 0 Å². The topological polar surface area (TPSA) is 138 Å². The van der Waals surface area contributed by atoms with E-state index in [0.717, 1.165) is 21.7 Å². The van der Waals surface area contributed by atoms with Gasteiger partial charge in [-0.15, -0.1) is 11.3 Å². The molecule has 0 aliphatic carbocycles. The molecule has 5 rings (SSSR count). The number of piperidine rings is 1. The van der Waals surface area contributed by atoms with Gasteiger partial charge < -0.3 is 29.5 Å². The summed E-state index contributed by atoms with van der Waals surface area (Å²) in [5.74, 6) is -0.732. The van der Waals surface area contributed by atoms with Crippen molar-refractivity contribution in [3.63, 3.8) is 0 Å². The number of carbonyl (C=O) groups is 3. The first kappa shape index (κ1) is 34.6. The minimum atomic E-state index is -0.811. The maximum absolute atomic E-state index is 14.1. The van der Waals surface area contributed by atoms with Crippen molar-refractivity contribution in [2.24, 2.45) is 11.8 Å². The predicted molar refractivity (Wildman–Crippen MR) is 180 cm³/mol. The summed E-state index contributed by atoms with van der Waals surface area (Å²) in [6.07, 6.45) is 0.629. The summed E-state index contributed by atoms with van der Waals surface area (Å²) in [6, 6.07) is 8.70. The van der Waals surface area contributed by atoms with Crippen molar-refractivity contribution in [3.8, 4) is 10.4 Å². The Bertz CT molecular complexity index is 1550. The zero-order valence-electron chi connectivity index (χ0n) is 28.4. The smallest absolute Gasteiger partial charge is 0.309 e. The van der Waals surface area contributed by atoms with E-state index in [1.54, 1.807) is 17.4 Å². The first-order valence-electron chi connectivity index (χ1n) is 16.5. The molecule has 0 radical (unpaired) electrons. The predicted octanol–water partition coefficient (Wildman–Crippen LogP) is 5.24. The Hall–Kier alpha value is -3.77. The van der Waals surface area contributed by atoms with Crippen LogP contribution in [0.5, 0.6) is 0 Å². The van der Waals surface area contributed by atoms with Crippen LogP contribution in [0.15, 0.2) is 40.4 Å². The number of aromatic nitrogens is 2. The van der Waals surface area contributed by atoms with Gasteiger partial charge in [-0.05, 0) is 64.5 Å². The Kier molecular flexibility index (Phi) is 10.4. The van der Waals surface area contributed by atoms with Crippen molar-refractivity contribution < 1.29 is 28.8 Å². The molecule has 254 valence electrons. The molecule has 2 aliphatic rings. The number of amides is 2. The van der Waals surface area contributed by atoms with Gasteiger partial charge in [0.25, 0.3) is 0 Å². The fourth-order valence-corrected chi connectivity index (χ4v) is 7.23. The maximum Gasteiger partial charge on any atom is 0.309 e. The number of nitrogens with zero attached hydrogens (tertiary/aromatic N) is 4. The second-order valence-electron chi connectivity index (χ2n) is 14.1. The molecule has 1 aromatic carbocycles. The Morgan fingerprint density at radius 2 is 1.79 bits per heavy atom. The molecule has 2 fully saturated rings. The van der Waals surface area contributed by atoms with Crippen LogP contribution in [0.4, 0.5) is 5.82 Å². The molecule has 0 saturated carbocycles. The molecule has 4 heterocycles. The van der Waals surface area contributed by atoms with Gasteiger partial charge in [0, 0.05) is 32.1 Å². The lowest BCUT2D eigenvalue weighted by Gasteiger charge is -2.32. The average molecular weight is 666 g/mol. The highest BCUT2D eigenvalue weighted by Gasteiger charge is 2.43. The first-order chi connectivity index (χ1) is 22.2. The van der Waals surface area contributed by atoms with E-state index in [-0.39, 0.29) is 48.6 Å². The Labute approximate surface area is 280 Å². The molecule has 2 amide bonds. The zero-order chi connectivity index (χ0) is 34.0. The second kappa shape index (κ2) is 14.1. The van der Waals surface area contributed by atoms with Crippen molar-refractivity contribution in [3.05, 3.63) is 52.9 Å². The summed E-state index contributed by atoms with van der Waals surface area (Å²) in [5, 5.41) is 17.9. The van der Waals surface area contributed by atoms with E-state index in [1.807, 2.05) is 78.2 Å². The third-order valence-electron chi connectivity index (χ3n) is 8.96. The lowest BCUT2D eigenvalue weighted by Crippen LogP contribution is -2.48. The van der Waals surface area contributed by atoms with Crippen LogP contribution in [0.2, 0.25) is 0 Å². The largest absolute Gasteiger partial charge is 0.460 e. The third-order valence-corrected chi connectivity index (χ3v) is 9.93. The van der Waals surface area contributed by atoms with Crippen LogP contribution in [-0.4, -0.2) is 75.3 Å². The molecule has 4 atom stereocenters. The molecule has 2 aromatic heterocycles. The first-order valence-corrected chi connectivity index (χ1v) is 17.3. The van der Waals surface area contributed by atoms with Crippen molar-refractivity contribution in [1.82, 2.24) is 20.4 Å². The molecule has 3 aromatic rings. The van der Waals surface area contributed by atoms with Crippen LogP contribution in [0, 0.1) is 18.8 Å². The highest BCUT2D eigenvalue weighted by molar-refractivity contribution is 7.13. The van der Waals surface area contributed by atoms with Gasteiger partial charge in [0.2, 0.25) is 11.8 Å². The van der Waals surface area contributed by atoms with E-state index in [4.69, 9.17) is 9.26 Å². The molecule has 11 nitrogen and oxygen atoms in total. The Morgan fingerprint density at radius 3 is 2.38 bits per heavy atom. The van der Waals surface area contributed by atoms with E-state index in [0.29, 0.717) is 37.5 Å². The number of carbonyl (C=O) groups excluding carboxylic acids is 3. The normalized spacial score (nSPS) is 20.4. The number of thiazole rings is 1. The minimum Gasteiger partial charge on any atom is -0.460 e. The highest BCUT2D eigenvalue weighted by atomic mass is 32.1. The third kappa shape index (κ3) is 8.03. The van der Waals surface area contributed by atoms with Crippen LogP contribution in [0.1, 0.15) is 89.8 Å². The molecule has 2 N–H and O–H groups in total. The molecule has 1 unspecified atom stereocenters. The molecule has 0 bridgehead atoms. The number of anilines is 1. The van der Waals surface area contributed by atoms with Gasteiger partial charge in [0.05, 0.1) is 34.1 Å². The van der Waals surface area contributed by atoms with Gasteiger partial charge in [0.15, 0.2) is 11.6 Å². The monoisotopic (exact) mass is 665 g/mol. The summed E-state index contributed by atoms with van der Waals surface area (Å²) in [6.45, 7) is 14.6. The molecule has 0 spiro atoms. The van der Waals surface area contributed by atoms with Crippen LogP contribution < -0.4 is 10.2 Å². The number of ether oxygens (including phenoxy) is 1. The van der Waals surface area contributed by atoms with Crippen molar-refractivity contribution >= 4 is 34.9 Å². The molecule has 2 aliphatic heterocycles. The molecular formula is C35H47N5O6S. The van der Waals surface area contributed by atoms with Crippen LogP contribution in [-0.2, 0) is 19.1 Å². The van der Waals surface area contributed by atoms with E-state index in [1.165, 1.54) is 4.90 Å². The van der Waals surface area contributed by atoms with E-state index >= 15 is 0 Å². The van der Waals surface area contributed by atoms with Gasteiger partial charge in [-0.2, -0.15) is 0 Å². The zero-order valence-corrected chi connectivity index (χ0v) is 29.2. The second-order valence-corrected chi connectivity index (χ2v) is 15.0. The Balaban J connectivity index is 1.23. The van der Waals surface area contributed by atoms with E-state index in [2.05, 4.69) is 20.4 Å². The van der Waals surface area contributed by atoms with Crippen LogP contribution in [0.25, 0.3) is 10.4 Å². The molecule has 12 heteroatoms. The summed E-state index contributed by atoms with van der Waals surface area (Å²) in [7, 11) is 0. The standard InChI is InChI=1S/C35H47N5O6S/c1-20(2)30(28-17-29(38-46-28)39-14-12-25(13-15-39)34(44)45-35(5,6)7)33(43)40-18-26(41)16-27(40)32(42)37-21(3)23-8-10-24(11-9-23)31-22(4)36-19-47-31/h8-11,17,19-21,25-27,30,41H,12-16,18H2,1-7H3,(H,37,42)/t21-,26+,27-,30?/m0/s1. The van der Waals surface area contributed by atoms with Gasteiger partial charge >= 0.3 is 5.97 Å². The van der Waals surface area contributed by atoms with Crippen molar-refractivity contribution in [2.75, 3.05) is 24.5 Å². The number of hydrogen-bond donors (Lipinski definition) is 2. The van der Waals surface area contributed by atoms with Gasteiger partial charge in [0.1, 0.15) is 17.6 Å². The molecular weight excluding hydrogens is 618 g/mol. The quantitative estimate of drug-likeness (QED) is 0.294. The SMILES string of the molecule is Cc1ncsc1-c1ccc([C@H](C)NC(=O)[C@@H]2C[C@@H](O)CN2C(=O)C(c2cc(N3CCC(C(=O)OC(C)(C)C)CC3)no2)C(C)C)cc1. The van der Waals surface area contributed by atoms with Crippen molar-refractivity contribution in [1.29, 1.82) is 0 Å². The lowest BCUT2D eigenvalue weighted by atomic mass is 9.91. The maximum atomic E-state index is 14.1. The number of hydrogen-bond acceptors (Lipinski definition) is 10. The lowest BCUT2D eigenvalue weighted by molar-refractivity contribution is -0.160. The number of rotatable bonds is 9. The minimum absolute atomic E-state index is 0.0661. The highest BCUT2D eigenvalue weighted by Crippen LogP contribution is 2.34. The fourth-order valence-electron chi connectivity index (χ4n) is 6.42. The van der Waals surface area contributed by atoms with Gasteiger partial charge in [-0.3, -0.25) is 14.4 Å². The van der Waals surface area contributed by atoms with Crippen molar-refractivity contribution in [2.45, 2.75) is 97.4 Å². The number of β-amino-alcohol motifs (C(OH)–C–C–N with tert-alkyl or cyclic N) is 1. The molecule has 47 heavy (non-hydrogen) atoms. The number of nitrogens with one attached hydrogen (secondary N) is 1. The summed E-state index contributed by atoms with van der Waals surface area (Å²) >= 11 is 1.59. The average Bonchev–Trinajstić information content (AvgIpc) is 3.76.